The summed E-state index contributed by atoms with van der Waals surface area (Å²) in [4.78, 5) is 29.0. The molecule has 1 aromatic heterocycles. The van der Waals surface area contributed by atoms with Crippen LogP contribution >= 0.6 is 0 Å². The van der Waals surface area contributed by atoms with Crippen LogP contribution in [0.5, 0.6) is 5.75 Å². The summed E-state index contributed by atoms with van der Waals surface area (Å²) in [6, 6.07) is 8.76. The number of anilines is 1. The summed E-state index contributed by atoms with van der Waals surface area (Å²) in [6.45, 7) is -0.450. The average molecular weight is 417 g/mol. The number of esters is 2. The third kappa shape index (κ3) is 4.77. The number of fused-ring (bicyclic) bond motifs is 1. The van der Waals surface area contributed by atoms with E-state index < -0.39 is 17.9 Å². The van der Waals surface area contributed by atoms with Crippen molar-refractivity contribution in [3.05, 3.63) is 53.5 Å². The molecular weight excluding hydrogens is 398 g/mol. The van der Waals surface area contributed by atoms with Crippen molar-refractivity contribution in [3.63, 3.8) is 0 Å². The highest BCUT2D eigenvalue weighted by Gasteiger charge is 2.36. The lowest BCUT2D eigenvalue weighted by molar-refractivity contribution is -0.142. The van der Waals surface area contributed by atoms with E-state index in [4.69, 9.17) is 38.5 Å². The minimum atomic E-state index is -0.793. The van der Waals surface area contributed by atoms with E-state index in [0.29, 0.717) is 17.1 Å². The van der Waals surface area contributed by atoms with Crippen molar-refractivity contribution in [1.82, 2.24) is 4.98 Å². The molecule has 2 aromatic rings. The predicted octanol–water partition coefficient (Wildman–Crippen LogP) is 1.72. The summed E-state index contributed by atoms with van der Waals surface area (Å²) in [5.74, 6) is 2.82. The highest BCUT2D eigenvalue weighted by atomic mass is 16.5. The van der Waals surface area contributed by atoms with Gasteiger partial charge in [-0.15, -0.1) is 12.8 Å². The monoisotopic (exact) mass is 417 g/mol. The molecule has 1 aliphatic heterocycles. The van der Waals surface area contributed by atoms with Crippen LogP contribution in [0, 0.1) is 24.7 Å². The molecule has 4 N–H and O–H groups in total. The van der Waals surface area contributed by atoms with Gasteiger partial charge in [-0.2, -0.15) is 0 Å². The largest absolute Gasteiger partial charge is 0.452 e. The third-order valence-electron chi connectivity index (χ3n) is 4.53. The molecule has 1 aliphatic rings. The van der Waals surface area contributed by atoms with Gasteiger partial charge in [-0.3, -0.25) is 4.79 Å². The van der Waals surface area contributed by atoms with Gasteiger partial charge in [0.15, 0.2) is 13.2 Å². The number of benzene rings is 1. The minimum Gasteiger partial charge on any atom is -0.452 e. The first-order chi connectivity index (χ1) is 14.9. The predicted molar refractivity (Wildman–Crippen MR) is 113 cm³/mol. The number of pyridine rings is 1. The van der Waals surface area contributed by atoms with Crippen LogP contribution in [-0.2, 0) is 19.1 Å². The number of hydrogen-bond donors (Lipinski definition) is 2. The molecule has 8 heteroatoms. The van der Waals surface area contributed by atoms with Gasteiger partial charge >= 0.3 is 11.9 Å². The Morgan fingerprint density at radius 1 is 1.06 bits per heavy atom. The van der Waals surface area contributed by atoms with E-state index >= 15 is 0 Å². The maximum atomic E-state index is 12.6. The fourth-order valence-corrected chi connectivity index (χ4v) is 3.21. The van der Waals surface area contributed by atoms with Gasteiger partial charge in [-0.25, -0.2) is 9.78 Å². The molecule has 0 radical (unpaired) electrons. The Bertz CT molecular complexity index is 1140. The second kappa shape index (κ2) is 9.38. The lowest BCUT2D eigenvalue weighted by atomic mass is 9.84. The van der Waals surface area contributed by atoms with Crippen LogP contribution in [0.2, 0.25) is 0 Å². The second-order valence-corrected chi connectivity index (χ2v) is 6.50. The van der Waals surface area contributed by atoms with Gasteiger partial charge < -0.3 is 25.7 Å². The van der Waals surface area contributed by atoms with E-state index in [1.807, 2.05) is 0 Å². The fourth-order valence-electron chi connectivity index (χ4n) is 3.21. The number of hydrogen-bond acceptors (Lipinski definition) is 8. The summed E-state index contributed by atoms with van der Waals surface area (Å²) in [7, 11) is 0. The molecule has 3 rings (SSSR count). The van der Waals surface area contributed by atoms with Crippen LogP contribution in [0.4, 0.5) is 5.82 Å². The zero-order valence-corrected chi connectivity index (χ0v) is 16.5. The Kier molecular flexibility index (Phi) is 6.44. The van der Waals surface area contributed by atoms with E-state index in [-0.39, 0.29) is 31.1 Å². The molecule has 31 heavy (non-hydrogen) atoms. The summed E-state index contributed by atoms with van der Waals surface area (Å²) < 4.78 is 15.7. The Morgan fingerprint density at radius 2 is 1.77 bits per heavy atom. The van der Waals surface area contributed by atoms with Crippen molar-refractivity contribution < 1.29 is 23.8 Å². The number of aromatic nitrogens is 1. The number of carbonyl (C=O) groups excluding carboxylic acids is 2. The van der Waals surface area contributed by atoms with Gasteiger partial charge in [0.05, 0.1) is 6.42 Å². The summed E-state index contributed by atoms with van der Waals surface area (Å²) in [5.41, 5.74) is 13.9. The average Bonchev–Trinajstić information content (AvgIpc) is 2.75. The molecule has 0 saturated heterocycles. The highest BCUT2D eigenvalue weighted by Crippen LogP contribution is 2.42. The summed E-state index contributed by atoms with van der Waals surface area (Å²) in [6.07, 6.45) is 11.7. The second-order valence-electron chi connectivity index (χ2n) is 6.50. The standard InChI is InChI=1S/C23H19N3O5/c1-3-9-29-20(27)13-17-16-11-14(15-7-8-26-19(24)12-15)5-6-18(16)31-22(25)21(17)23(28)30-10-4-2/h1-2,5-8,11-12,17H,9-10,13,25H2,(H2,24,26). The maximum absolute atomic E-state index is 12.6. The van der Waals surface area contributed by atoms with Crippen LogP contribution < -0.4 is 16.2 Å². The molecular formula is C23H19N3O5. The Hall–Kier alpha value is -4.43. The topological polar surface area (TPSA) is 127 Å². The molecule has 1 atom stereocenters. The molecule has 0 amide bonds. The molecule has 1 unspecified atom stereocenters. The van der Waals surface area contributed by atoms with E-state index in [0.717, 1.165) is 11.1 Å². The van der Waals surface area contributed by atoms with E-state index in [1.165, 1.54) is 0 Å². The molecule has 0 saturated carbocycles. The SMILES string of the molecule is C#CCOC(=O)CC1C(C(=O)OCC#C)=C(N)Oc2ccc(-c3ccnc(N)c3)cc21. The van der Waals surface area contributed by atoms with Gasteiger partial charge in [0.1, 0.15) is 17.1 Å². The first-order valence-electron chi connectivity index (χ1n) is 9.17. The third-order valence-corrected chi connectivity index (χ3v) is 4.53. The quantitative estimate of drug-likeness (QED) is 0.537. The van der Waals surface area contributed by atoms with Crippen molar-refractivity contribution in [2.45, 2.75) is 12.3 Å². The number of terminal acetylenes is 2. The zero-order chi connectivity index (χ0) is 22.4. The normalized spacial score (nSPS) is 14.5. The summed E-state index contributed by atoms with van der Waals surface area (Å²) >= 11 is 0. The molecule has 0 fully saturated rings. The van der Waals surface area contributed by atoms with Crippen molar-refractivity contribution in [1.29, 1.82) is 0 Å². The Balaban J connectivity index is 2.05. The van der Waals surface area contributed by atoms with Crippen LogP contribution in [-0.4, -0.2) is 30.1 Å². The van der Waals surface area contributed by atoms with E-state index in [9.17, 15) is 9.59 Å². The molecule has 0 aliphatic carbocycles. The lowest BCUT2D eigenvalue weighted by Crippen LogP contribution is -2.28. The van der Waals surface area contributed by atoms with Crippen molar-refractivity contribution >= 4 is 17.8 Å². The molecule has 0 bridgehead atoms. The van der Waals surface area contributed by atoms with Crippen molar-refractivity contribution in [2.75, 3.05) is 18.9 Å². The Labute approximate surface area is 179 Å². The zero-order valence-electron chi connectivity index (χ0n) is 16.5. The molecule has 156 valence electrons. The number of nitrogen functional groups attached to an aromatic ring is 1. The number of ether oxygens (including phenoxy) is 3. The van der Waals surface area contributed by atoms with Crippen molar-refractivity contribution in [2.24, 2.45) is 5.73 Å². The molecule has 2 heterocycles. The lowest BCUT2D eigenvalue weighted by Gasteiger charge is -2.28. The highest BCUT2D eigenvalue weighted by molar-refractivity contribution is 5.93. The fraction of sp³-hybridized carbons (Fsp3) is 0.174. The van der Waals surface area contributed by atoms with Gasteiger partial charge in [-0.1, -0.05) is 17.9 Å². The minimum absolute atomic E-state index is 0.0215. The first kappa shape index (κ1) is 21.3. The first-order valence-corrected chi connectivity index (χ1v) is 9.17. The van der Waals surface area contributed by atoms with Gasteiger partial charge in [0.2, 0.25) is 5.88 Å². The number of nitrogens with two attached hydrogens (primary N) is 2. The summed E-state index contributed by atoms with van der Waals surface area (Å²) in [5, 5.41) is 0. The van der Waals surface area contributed by atoms with Crippen LogP contribution in [0.1, 0.15) is 17.9 Å². The number of nitrogens with zero attached hydrogens (tertiary/aromatic N) is 1. The number of rotatable bonds is 6. The number of carbonyl (C=O) groups is 2. The van der Waals surface area contributed by atoms with Crippen LogP contribution in [0.3, 0.4) is 0 Å². The van der Waals surface area contributed by atoms with Crippen LogP contribution in [0.25, 0.3) is 11.1 Å². The molecule has 1 aromatic carbocycles. The van der Waals surface area contributed by atoms with Gasteiger partial charge in [-0.05, 0) is 35.4 Å². The molecule has 8 nitrogen and oxygen atoms in total. The smallest absolute Gasteiger partial charge is 0.341 e. The van der Waals surface area contributed by atoms with Gasteiger partial charge in [0.25, 0.3) is 0 Å². The Morgan fingerprint density at radius 3 is 2.48 bits per heavy atom. The van der Waals surface area contributed by atoms with Crippen LogP contribution in [0.15, 0.2) is 48.0 Å². The van der Waals surface area contributed by atoms with E-state index in [1.54, 1.807) is 36.5 Å². The molecule has 0 spiro atoms. The maximum Gasteiger partial charge on any atom is 0.341 e. The van der Waals surface area contributed by atoms with E-state index in [2.05, 4.69) is 16.8 Å². The van der Waals surface area contributed by atoms with Gasteiger partial charge in [0, 0.05) is 17.7 Å². The van der Waals surface area contributed by atoms with Crippen molar-refractivity contribution in [3.8, 4) is 41.6 Å².